The van der Waals surface area contributed by atoms with Crippen molar-refractivity contribution in [3.63, 3.8) is 0 Å². The van der Waals surface area contributed by atoms with Crippen molar-refractivity contribution >= 4 is 21.0 Å². The fourth-order valence-electron chi connectivity index (χ4n) is 5.08. The van der Waals surface area contributed by atoms with Crippen LogP contribution in [0.4, 0.5) is 0 Å². The second kappa shape index (κ2) is 10.0. The highest BCUT2D eigenvalue weighted by Crippen LogP contribution is 2.35. The Balaban J connectivity index is 0.000000205. The highest BCUT2D eigenvalue weighted by Gasteiger charge is 2.39. The van der Waals surface area contributed by atoms with Crippen LogP contribution in [0.3, 0.4) is 0 Å². The molecule has 2 unspecified atom stereocenters. The van der Waals surface area contributed by atoms with Gasteiger partial charge in [0.15, 0.2) is 0 Å². The zero-order valence-corrected chi connectivity index (χ0v) is 21.1. The van der Waals surface area contributed by atoms with Crippen molar-refractivity contribution in [1.82, 2.24) is 19.9 Å². The lowest BCUT2D eigenvalue weighted by atomic mass is 10.0. The van der Waals surface area contributed by atoms with E-state index in [1.54, 1.807) is 18.3 Å². The second-order valence-electron chi connectivity index (χ2n) is 9.57. The first-order valence-corrected chi connectivity index (χ1v) is 13.5. The summed E-state index contributed by atoms with van der Waals surface area (Å²) in [7, 11) is -1.78. The summed E-state index contributed by atoms with van der Waals surface area (Å²) in [5.41, 5.74) is 4.04. The van der Waals surface area contributed by atoms with Gasteiger partial charge in [0.05, 0.1) is 23.0 Å². The quantitative estimate of drug-likeness (QED) is 0.380. The molecular formula is C27H30N4O4S. The van der Waals surface area contributed by atoms with Crippen LogP contribution >= 0.6 is 0 Å². The number of fused-ring (bicyclic) bond motifs is 3. The van der Waals surface area contributed by atoms with E-state index in [0.717, 1.165) is 35.2 Å². The molecule has 36 heavy (non-hydrogen) atoms. The molecule has 188 valence electrons. The van der Waals surface area contributed by atoms with Crippen LogP contribution in [0.1, 0.15) is 31.2 Å². The molecule has 2 saturated heterocycles. The van der Waals surface area contributed by atoms with Gasteiger partial charge in [0.2, 0.25) is 5.88 Å². The van der Waals surface area contributed by atoms with Crippen LogP contribution in [0.25, 0.3) is 22.2 Å². The number of ether oxygens (including phenoxy) is 1. The van der Waals surface area contributed by atoms with E-state index in [1.165, 1.54) is 30.4 Å². The van der Waals surface area contributed by atoms with Crippen LogP contribution in [-0.4, -0.2) is 58.1 Å². The van der Waals surface area contributed by atoms with Gasteiger partial charge in [0, 0.05) is 34.7 Å². The lowest BCUT2D eigenvalue weighted by Crippen LogP contribution is -2.43. The number of benzene rings is 2. The predicted octanol–water partition coefficient (Wildman–Crippen LogP) is 4.87. The predicted molar refractivity (Wildman–Crippen MR) is 139 cm³/mol. The number of hydrogen-bond donors (Lipinski definition) is 2. The summed E-state index contributed by atoms with van der Waals surface area (Å²) < 4.78 is 35.7. The Hall–Kier alpha value is -3.27. The molecule has 0 amide bonds. The summed E-state index contributed by atoms with van der Waals surface area (Å²) in [6.07, 6.45) is 10.6. The molecule has 4 aromatic rings. The second-order valence-corrected chi connectivity index (χ2v) is 11.0. The molecule has 2 aromatic carbocycles. The smallest absolute Gasteiger partial charge is 0.294 e. The number of aryl methyl sites for hydroxylation is 1. The molecule has 2 aromatic heterocycles. The van der Waals surface area contributed by atoms with Gasteiger partial charge in [-0.2, -0.15) is 8.42 Å². The molecule has 6 rings (SSSR count). The van der Waals surface area contributed by atoms with Crippen LogP contribution in [0, 0.1) is 6.92 Å². The van der Waals surface area contributed by atoms with Gasteiger partial charge in [-0.05, 0) is 70.0 Å². The first kappa shape index (κ1) is 24.4. The summed E-state index contributed by atoms with van der Waals surface area (Å²) >= 11 is 0. The number of aromatic amines is 1. The zero-order chi connectivity index (χ0) is 25.3. The molecule has 2 fully saturated rings. The Bertz CT molecular complexity index is 1420. The van der Waals surface area contributed by atoms with E-state index in [4.69, 9.17) is 9.29 Å². The van der Waals surface area contributed by atoms with E-state index in [1.807, 2.05) is 19.3 Å². The molecule has 2 aliphatic heterocycles. The van der Waals surface area contributed by atoms with Crippen LogP contribution in [0.5, 0.6) is 5.88 Å². The molecule has 9 heteroatoms. The van der Waals surface area contributed by atoms with Crippen molar-refractivity contribution in [2.75, 3.05) is 7.05 Å². The third kappa shape index (κ3) is 5.43. The third-order valence-electron chi connectivity index (χ3n) is 7.14. The summed E-state index contributed by atoms with van der Waals surface area (Å²) in [5, 5.41) is 1.18. The zero-order valence-electron chi connectivity index (χ0n) is 20.3. The number of nitrogens with one attached hydrogen (secondary N) is 1. The number of hydrogen-bond acceptors (Lipinski definition) is 6. The van der Waals surface area contributed by atoms with Crippen LogP contribution in [-0.2, 0) is 10.1 Å². The highest BCUT2D eigenvalue weighted by molar-refractivity contribution is 7.85. The Kier molecular flexibility index (Phi) is 6.79. The van der Waals surface area contributed by atoms with Gasteiger partial charge in [-0.25, -0.2) is 9.97 Å². The van der Waals surface area contributed by atoms with E-state index < -0.39 is 10.1 Å². The summed E-state index contributed by atoms with van der Waals surface area (Å²) in [6.45, 7) is 1.84. The summed E-state index contributed by atoms with van der Waals surface area (Å²) in [5.74, 6) is 0.639. The van der Waals surface area contributed by atoms with Crippen molar-refractivity contribution < 1.29 is 17.7 Å². The van der Waals surface area contributed by atoms with Gasteiger partial charge >= 0.3 is 0 Å². The number of aromatic nitrogens is 3. The molecule has 0 radical (unpaired) electrons. The van der Waals surface area contributed by atoms with Crippen molar-refractivity contribution in [2.45, 2.75) is 55.7 Å². The van der Waals surface area contributed by atoms with Crippen LogP contribution < -0.4 is 4.74 Å². The monoisotopic (exact) mass is 506 g/mol. The Morgan fingerprint density at radius 3 is 2.36 bits per heavy atom. The summed E-state index contributed by atoms with van der Waals surface area (Å²) in [6, 6.07) is 15.7. The molecule has 0 aliphatic carbocycles. The first-order valence-electron chi connectivity index (χ1n) is 12.1. The van der Waals surface area contributed by atoms with E-state index >= 15 is 0 Å². The topological polar surface area (TPSA) is 108 Å². The van der Waals surface area contributed by atoms with Crippen LogP contribution in [0.2, 0.25) is 0 Å². The van der Waals surface area contributed by atoms with Crippen molar-refractivity contribution in [3.05, 3.63) is 72.7 Å². The minimum absolute atomic E-state index is 0.0666. The molecule has 2 atom stereocenters. The van der Waals surface area contributed by atoms with Crippen molar-refractivity contribution in [2.24, 2.45) is 0 Å². The van der Waals surface area contributed by atoms with Gasteiger partial charge in [-0.15, -0.1) is 0 Å². The average Bonchev–Trinajstić information content (AvgIpc) is 3.39. The van der Waals surface area contributed by atoms with Gasteiger partial charge in [0.25, 0.3) is 10.1 Å². The molecule has 2 bridgehead atoms. The van der Waals surface area contributed by atoms with E-state index in [0.29, 0.717) is 18.0 Å². The first-order chi connectivity index (χ1) is 17.3. The molecule has 8 nitrogen and oxygen atoms in total. The summed E-state index contributed by atoms with van der Waals surface area (Å²) in [4.78, 5) is 14.7. The minimum Gasteiger partial charge on any atom is -0.473 e. The van der Waals surface area contributed by atoms with E-state index in [-0.39, 0.29) is 11.0 Å². The Labute approximate surface area is 211 Å². The molecule has 0 spiro atoms. The Morgan fingerprint density at radius 2 is 1.72 bits per heavy atom. The lowest BCUT2D eigenvalue weighted by molar-refractivity contribution is 0.0630. The molecular weight excluding hydrogens is 476 g/mol. The fourth-order valence-corrected chi connectivity index (χ4v) is 5.56. The highest BCUT2D eigenvalue weighted by atomic mass is 32.2. The normalized spacial score (nSPS) is 21.7. The molecule has 2 aliphatic rings. The number of H-pyrrole nitrogens is 1. The number of rotatable bonds is 4. The van der Waals surface area contributed by atoms with Gasteiger partial charge < -0.3 is 14.6 Å². The Morgan fingerprint density at radius 1 is 1.00 bits per heavy atom. The maximum absolute atomic E-state index is 10.5. The molecule has 2 N–H and O–H groups in total. The largest absolute Gasteiger partial charge is 0.473 e. The van der Waals surface area contributed by atoms with Crippen molar-refractivity contribution in [3.8, 4) is 17.1 Å². The third-order valence-corrected chi connectivity index (χ3v) is 8.01. The lowest BCUT2D eigenvalue weighted by Gasteiger charge is -2.35. The van der Waals surface area contributed by atoms with E-state index in [9.17, 15) is 8.42 Å². The maximum Gasteiger partial charge on any atom is 0.294 e. The van der Waals surface area contributed by atoms with Crippen molar-refractivity contribution in [1.29, 1.82) is 0 Å². The average molecular weight is 507 g/mol. The molecule has 4 heterocycles. The number of piperidine rings is 1. The number of nitrogens with zero attached hydrogens (tertiary/aromatic N) is 3. The van der Waals surface area contributed by atoms with Gasteiger partial charge in [0.1, 0.15) is 6.10 Å². The maximum atomic E-state index is 10.5. The molecule has 0 saturated carbocycles. The van der Waals surface area contributed by atoms with E-state index in [2.05, 4.69) is 51.2 Å². The fraction of sp³-hybridized carbons (Fsp3) is 0.333. The SMILES string of the molecule is CN1C2CCC1CC(Oc1cnc(-c3ccc4[nH]ccc4c3)cn1)C2.Cc1ccc(S(=O)(=O)O)cc1. The van der Waals surface area contributed by atoms with Crippen LogP contribution in [0.15, 0.2) is 72.0 Å². The minimum atomic E-state index is -4.02. The van der Waals surface area contributed by atoms with Gasteiger partial charge in [-0.1, -0.05) is 23.8 Å². The van der Waals surface area contributed by atoms with Gasteiger partial charge in [-0.3, -0.25) is 4.55 Å². The standard InChI is InChI=1S/C20H22N4O.C7H8O3S/c1-24-15-3-4-16(24)10-17(9-15)25-20-12-22-19(11-23-20)13-2-5-18-14(8-13)6-7-21-18;1-6-2-4-7(5-3-6)11(8,9)10/h2,5-8,11-12,15-17,21H,3-4,9-10H2,1H3;2-5H,1H3,(H,8,9,10).